The monoisotopic (exact) mass is 276 g/mol. The molecule has 0 aliphatic heterocycles. The van der Waals surface area contributed by atoms with Crippen LogP contribution in [0.4, 0.5) is 0 Å². The molecule has 0 spiro atoms. The predicted octanol–water partition coefficient (Wildman–Crippen LogP) is 3.22. The third kappa shape index (κ3) is 2.84. The van der Waals surface area contributed by atoms with Gasteiger partial charge < -0.3 is 15.0 Å². The van der Waals surface area contributed by atoms with Crippen molar-refractivity contribution in [3.8, 4) is 5.75 Å². The summed E-state index contributed by atoms with van der Waals surface area (Å²) in [6.07, 6.45) is 6.51. The van der Waals surface area contributed by atoms with Gasteiger partial charge >= 0.3 is 0 Å². The Morgan fingerprint density at radius 2 is 1.90 bits per heavy atom. The van der Waals surface area contributed by atoms with Gasteiger partial charge in [0.2, 0.25) is 0 Å². The molecule has 0 radical (unpaired) electrons. The van der Waals surface area contributed by atoms with Gasteiger partial charge in [0.25, 0.3) is 0 Å². The molecule has 1 aromatic carbocycles. The molecule has 0 heterocycles. The van der Waals surface area contributed by atoms with Gasteiger partial charge in [-0.15, -0.1) is 0 Å². The van der Waals surface area contributed by atoms with Crippen molar-refractivity contribution in [2.75, 3.05) is 28.3 Å². The summed E-state index contributed by atoms with van der Waals surface area (Å²) in [5.41, 5.74) is 1.53. The summed E-state index contributed by atoms with van der Waals surface area (Å²) < 4.78 is 5.39. The molecule has 0 bridgehead atoms. The lowest BCUT2D eigenvalue weighted by Crippen LogP contribution is -2.54. The second-order valence-corrected chi connectivity index (χ2v) is 6.06. The number of nitrogens with zero attached hydrogens (tertiary/aromatic N) is 1. The molecule has 3 nitrogen and oxygen atoms in total. The van der Waals surface area contributed by atoms with E-state index in [1.165, 1.54) is 37.7 Å². The van der Waals surface area contributed by atoms with Crippen molar-refractivity contribution in [1.82, 2.24) is 10.2 Å². The minimum absolute atomic E-state index is 0.208. The van der Waals surface area contributed by atoms with Gasteiger partial charge in [0.1, 0.15) is 5.75 Å². The Kier molecular flexibility index (Phi) is 5.06. The average Bonchev–Trinajstić information content (AvgIpc) is 2.49. The molecule has 1 aliphatic carbocycles. The van der Waals surface area contributed by atoms with Crippen molar-refractivity contribution in [3.05, 3.63) is 29.8 Å². The van der Waals surface area contributed by atoms with Gasteiger partial charge in [0, 0.05) is 5.54 Å². The first kappa shape index (κ1) is 15.3. The van der Waals surface area contributed by atoms with Gasteiger partial charge in [0.15, 0.2) is 0 Å². The van der Waals surface area contributed by atoms with Crippen molar-refractivity contribution in [1.29, 1.82) is 0 Å². The van der Waals surface area contributed by atoms with Crippen LogP contribution in [-0.4, -0.2) is 38.7 Å². The molecule has 0 amide bonds. The van der Waals surface area contributed by atoms with E-state index in [9.17, 15) is 0 Å². The van der Waals surface area contributed by atoms with Gasteiger partial charge in [-0.25, -0.2) is 0 Å². The second-order valence-electron chi connectivity index (χ2n) is 6.06. The Bertz CT molecular complexity index is 425. The van der Waals surface area contributed by atoms with E-state index in [2.05, 4.69) is 49.6 Å². The topological polar surface area (TPSA) is 24.5 Å². The first-order valence-electron chi connectivity index (χ1n) is 7.62. The van der Waals surface area contributed by atoms with Crippen LogP contribution >= 0.6 is 0 Å². The van der Waals surface area contributed by atoms with Gasteiger partial charge in [-0.1, -0.05) is 31.4 Å². The summed E-state index contributed by atoms with van der Waals surface area (Å²) in [4.78, 5) is 2.42. The molecule has 1 N–H and O–H groups in total. The van der Waals surface area contributed by atoms with Gasteiger partial charge in [-0.05, 0) is 51.7 Å². The molecule has 1 saturated carbocycles. The SMILES string of the molecule is CNC(c1cccc(OC)c1)C1(N(C)C)CCCCC1. The van der Waals surface area contributed by atoms with E-state index in [0.717, 1.165) is 5.75 Å². The number of benzene rings is 1. The lowest BCUT2D eigenvalue weighted by Gasteiger charge is -2.48. The van der Waals surface area contributed by atoms with Crippen LogP contribution in [0.1, 0.15) is 43.7 Å². The fraction of sp³-hybridized carbons (Fsp3) is 0.647. The molecule has 1 atom stereocenters. The van der Waals surface area contributed by atoms with Gasteiger partial charge in [0.05, 0.1) is 13.2 Å². The molecular formula is C17H28N2O. The number of methoxy groups -OCH3 is 1. The Hall–Kier alpha value is -1.06. The highest BCUT2D eigenvalue weighted by atomic mass is 16.5. The molecule has 1 aromatic rings. The van der Waals surface area contributed by atoms with Crippen LogP contribution in [0.25, 0.3) is 0 Å². The first-order chi connectivity index (χ1) is 9.64. The zero-order valence-corrected chi connectivity index (χ0v) is 13.3. The fourth-order valence-corrected chi connectivity index (χ4v) is 3.72. The lowest BCUT2D eigenvalue weighted by molar-refractivity contribution is 0.0593. The van der Waals surface area contributed by atoms with E-state index in [4.69, 9.17) is 4.74 Å². The molecule has 1 unspecified atom stereocenters. The summed E-state index contributed by atoms with van der Waals surface area (Å²) in [6, 6.07) is 8.82. The van der Waals surface area contributed by atoms with Crippen LogP contribution in [0.15, 0.2) is 24.3 Å². The minimum atomic E-state index is 0.208. The average molecular weight is 276 g/mol. The van der Waals surface area contributed by atoms with E-state index >= 15 is 0 Å². The van der Waals surface area contributed by atoms with Crippen molar-refractivity contribution in [2.45, 2.75) is 43.7 Å². The zero-order chi connectivity index (χ0) is 14.6. The molecule has 1 aliphatic rings. The maximum atomic E-state index is 5.39. The lowest BCUT2D eigenvalue weighted by atomic mass is 9.73. The van der Waals surface area contributed by atoms with E-state index in [-0.39, 0.29) is 5.54 Å². The number of hydrogen-bond acceptors (Lipinski definition) is 3. The quantitative estimate of drug-likeness (QED) is 0.893. The largest absolute Gasteiger partial charge is 0.497 e. The van der Waals surface area contributed by atoms with Crippen LogP contribution in [0.3, 0.4) is 0 Å². The van der Waals surface area contributed by atoms with E-state index in [0.29, 0.717) is 6.04 Å². The van der Waals surface area contributed by atoms with E-state index in [1.54, 1.807) is 7.11 Å². The van der Waals surface area contributed by atoms with Gasteiger partial charge in [-0.2, -0.15) is 0 Å². The zero-order valence-electron chi connectivity index (χ0n) is 13.3. The molecule has 20 heavy (non-hydrogen) atoms. The first-order valence-corrected chi connectivity index (χ1v) is 7.62. The predicted molar refractivity (Wildman–Crippen MR) is 84.3 cm³/mol. The summed E-state index contributed by atoms with van der Waals surface area (Å²) >= 11 is 0. The summed E-state index contributed by atoms with van der Waals surface area (Å²) in [6.45, 7) is 0. The van der Waals surface area contributed by atoms with Crippen LogP contribution in [0.5, 0.6) is 5.75 Å². The highest BCUT2D eigenvalue weighted by Gasteiger charge is 2.41. The second kappa shape index (κ2) is 6.59. The summed E-state index contributed by atoms with van der Waals surface area (Å²) in [7, 11) is 8.24. The van der Waals surface area contributed by atoms with E-state index < -0.39 is 0 Å². The van der Waals surface area contributed by atoms with Crippen LogP contribution < -0.4 is 10.1 Å². The van der Waals surface area contributed by atoms with E-state index in [1.807, 2.05) is 6.07 Å². The van der Waals surface area contributed by atoms with Crippen molar-refractivity contribution >= 4 is 0 Å². The van der Waals surface area contributed by atoms with Crippen LogP contribution in [0, 0.1) is 0 Å². The Labute approximate surface area is 123 Å². The number of nitrogens with one attached hydrogen (secondary N) is 1. The van der Waals surface area contributed by atoms with Crippen LogP contribution in [-0.2, 0) is 0 Å². The highest BCUT2D eigenvalue weighted by Crippen LogP contribution is 2.42. The molecular weight excluding hydrogens is 248 g/mol. The summed E-state index contributed by atoms with van der Waals surface area (Å²) in [5, 5.41) is 3.56. The number of ether oxygens (including phenoxy) is 1. The highest BCUT2D eigenvalue weighted by molar-refractivity contribution is 5.32. The molecule has 112 valence electrons. The Morgan fingerprint density at radius 3 is 2.45 bits per heavy atom. The molecule has 0 aromatic heterocycles. The van der Waals surface area contributed by atoms with Crippen molar-refractivity contribution in [2.24, 2.45) is 0 Å². The Balaban J connectivity index is 2.37. The normalized spacial score (nSPS) is 19.9. The molecule has 0 saturated heterocycles. The third-order valence-electron chi connectivity index (χ3n) is 4.86. The number of hydrogen-bond donors (Lipinski definition) is 1. The minimum Gasteiger partial charge on any atom is -0.497 e. The van der Waals surface area contributed by atoms with Gasteiger partial charge in [-0.3, -0.25) is 0 Å². The van der Waals surface area contributed by atoms with Crippen LogP contribution in [0.2, 0.25) is 0 Å². The fourth-order valence-electron chi connectivity index (χ4n) is 3.72. The maximum absolute atomic E-state index is 5.39. The van der Waals surface area contributed by atoms with Crippen molar-refractivity contribution in [3.63, 3.8) is 0 Å². The van der Waals surface area contributed by atoms with Crippen molar-refractivity contribution < 1.29 is 4.74 Å². The third-order valence-corrected chi connectivity index (χ3v) is 4.86. The smallest absolute Gasteiger partial charge is 0.119 e. The summed E-state index contributed by atoms with van der Waals surface area (Å²) in [5.74, 6) is 0.937. The molecule has 3 heteroatoms. The molecule has 1 fully saturated rings. The number of rotatable bonds is 5. The number of likely N-dealkylation sites (N-methyl/N-ethyl adjacent to an activating group) is 2. The maximum Gasteiger partial charge on any atom is 0.119 e. The Morgan fingerprint density at radius 1 is 1.20 bits per heavy atom. The molecule has 2 rings (SSSR count). The standard InChI is InChI=1S/C17H28N2O/c1-18-16(14-9-8-10-15(13-14)20-4)17(19(2)3)11-6-5-7-12-17/h8-10,13,16,18H,5-7,11-12H2,1-4H3.